The summed E-state index contributed by atoms with van der Waals surface area (Å²) >= 11 is 1.67. The van der Waals surface area contributed by atoms with Crippen LogP contribution in [0.25, 0.3) is 15.7 Å². The molecule has 0 saturated carbocycles. The van der Waals surface area contributed by atoms with E-state index in [4.69, 9.17) is 4.98 Å². The number of fused-ring (bicyclic) bond motifs is 1. The molecule has 4 nitrogen and oxygen atoms in total. The molecule has 1 aromatic carbocycles. The van der Waals surface area contributed by atoms with Gasteiger partial charge >= 0.3 is 0 Å². The Labute approximate surface area is 221 Å². The standard InChI is InChI=1S/C31H40N4S/c1-8-10-25(17-23(5)24-13-15-35(7)16-14-24)29(9-2)34-31-19-28-18-26(11-12-27(28)20-33-31)30(21-32-6)36-22(3)4/h8-12,17-21,24,32H,3,5,13-16H2,1-2,4,6-7H3,(H,33,34)/b10-8-,25-17+,29-9+,30-21+. The van der Waals surface area contributed by atoms with Crippen molar-refractivity contribution in [2.24, 2.45) is 5.92 Å². The van der Waals surface area contributed by atoms with E-state index in [1.807, 2.05) is 26.4 Å². The number of pyridine rings is 1. The van der Waals surface area contributed by atoms with Crippen LogP contribution in [0.3, 0.4) is 0 Å². The van der Waals surface area contributed by atoms with E-state index in [9.17, 15) is 0 Å². The smallest absolute Gasteiger partial charge is 0.130 e. The predicted octanol–water partition coefficient (Wildman–Crippen LogP) is 7.74. The molecule has 0 radical (unpaired) electrons. The molecule has 2 heterocycles. The first-order chi connectivity index (χ1) is 17.3. The fourth-order valence-corrected chi connectivity index (χ4v) is 5.19. The highest BCUT2D eigenvalue weighted by molar-refractivity contribution is 8.11. The quantitative estimate of drug-likeness (QED) is 0.327. The molecule has 3 rings (SSSR count). The molecule has 1 fully saturated rings. The second-order valence-corrected chi connectivity index (χ2v) is 10.7. The lowest BCUT2D eigenvalue weighted by Crippen LogP contribution is -2.30. The van der Waals surface area contributed by atoms with Crippen LogP contribution in [-0.2, 0) is 0 Å². The molecule has 1 saturated heterocycles. The van der Waals surface area contributed by atoms with Crippen molar-refractivity contribution in [3.63, 3.8) is 0 Å². The highest BCUT2D eigenvalue weighted by Gasteiger charge is 2.18. The van der Waals surface area contributed by atoms with Gasteiger partial charge in [-0.3, -0.25) is 0 Å². The zero-order chi connectivity index (χ0) is 26.1. The number of nitrogens with one attached hydrogen (secondary N) is 2. The van der Waals surface area contributed by atoms with Crippen LogP contribution in [0.4, 0.5) is 5.82 Å². The van der Waals surface area contributed by atoms with Crippen LogP contribution in [0.15, 0.2) is 95.9 Å². The first-order valence-corrected chi connectivity index (χ1v) is 13.4. The van der Waals surface area contributed by atoms with Gasteiger partial charge in [0.05, 0.1) is 0 Å². The fraction of sp³-hybridized carbons (Fsp3) is 0.323. The summed E-state index contributed by atoms with van der Waals surface area (Å²) in [5, 5.41) is 8.96. The van der Waals surface area contributed by atoms with Gasteiger partial charge in [-0.25, -0.2) is 4.98 Å². The Morgan fingerprint density at radius 2 is 1.89 bits per heavy atom. The van der Waals surface area contributed by atoms with Crippen LogP contribution in [-0.4, -0.2) is 37.1 Å². The van der Waals surface area contributed by atoms with Gasteiger partial charge in [0.2, 0.25) is 0 Å². The Morgan fingerprint density at radius 1 is 1.14 bits per heavy atom. The van der Waals surface area contributed by atoms with E-state index in [1.165, 1.54) is 5.57 Å². The second kappa shape index (κ2) is 13.3. The minimum atomic E-state index is 0.536. The average molecular weight is 501 g/mol. The molecule has 1 aliphatic heterocycles. The number of thioether (sulfide) groups is 1. The number of allylic oxidation sites excluding steroid dienone is 6. The van der Waals surface area contributed by atoms with E-state index in [2.05, 4.69) is 98.2 Å². The number of likely N-dealkylation sites (tertiary alicyclic amines) is 1. The third kappa shape index (κ3) is 7.49. The maximum absolute atomic E-state index is 4.70. The summed E-state index contributed by atoms with van der Waals surface area (Å²) in [6.45, 7) is 16.9. The number of aromatic nitrogens is 1. The molecule has 36 heavy (non-hydrogen) atoms. The fourth-order valence-electron chi connectivity index (χ4n) is 4.39. The molecule has 0 amide bonds. The molecule has 0 aliphatic carbocycles. The number of anilines is 1. The maximum atomic E-state index is 4.70. The summed E-state index contributed by atoms with van der Waals surface area (Å²) in [6, 6.07) is 8.58. The van der Waals surface area contributed by atoms with Crippen LogP contribution in [0.1, 0.15) is 39.2 Å². The second-order valence-electron chi connectivity index (χ2n) is 9.31. The number of rotatable bonds is 10. The van der Waals surface area contributed by atoms with Crippen LogP contribution < -0.4 is 10.6 Å². The van der Waals surface area contributed by atoms with Gasteiger partial charge in [0.1, 0.15) is 5.82 Å². The van der Waals surface area contributed by atoms with Crippen molar-refractivity contribution in [1.82, 2.24) is 15.2 Å². The van der Waals surface area contributed by atoms with E-state index >= 15 is 0 Å². The van der Waals surface area contributed by atoms with Gasteiger partial charge in [0, 0.05) is 35.4 Å². The molecule has 0 unspecified atom stereocenters. The van der Waals surface area contributed by atoms with Crippen molar-refractivity contribution in [2.45, 2.75) is 33.6 Å². The molecular formula is C31H40N4S. The van der Waals surface area contributed by atoms with E-state index in [1.54, 1.807) is 11.8 Å². The van der Waals surface area contributed by atoms with Gasteiger partial charge in [-0.05, 0) is 93.2 Å². The first kappa shape index (κ1) is 27.6. The van der Waals surface area contributed by atoms with Crippen molar-refractivity contribution in [2.75, 3.05) is 32.5 Å². The third-order valence-corrected chi connectivity index (χ3v) is 7.28. The highest BCUT2D eigenvalue weighted by Crippen LogP contribution is 2.34. The summed E-state index contributed by atoms with van der Waals surface area (Å²) in [7, 11) is 4.11. The molecule has 0 spiro atoms. The lowest BCUT2D eigenvalue weighted by atomic mass is 9.88. The largest absolute Gasteiger partial charge is 0.393 e. The minimum Gasteiger partial charge on any atom is -0.393 e. The van der Waals surface area contributed by atoms with Crippen LogP contribution in [0.5, 0.6) is 0 Å². The van der Waals surface area contributed by atoms with E-state index in [0.29, 0.717) is 5.92 Å². The molecular weight excluding hydrogens is 460 g/mol. The Balaban J connectivity index is 1.87. The van der Waals surface area contributed by atoms with Gasteiger partial charge < -0.3 is 15.5 Å². The lowest BCUT2D eigenvalue weighted by Gasteiger charge is -2.29. The number of hydrogen-bond acceptors (Lipinski definition) is 5. The Kier molecular flexibility index (Phi) is 10.2. The van der Waals surface area contributed by atoms with Crippen LogP contribution in [0.2, 0.25) is 0 Å². The predicted molar refractivity (Wildman–Crippen MR) is 161 cm³/mol. The molecule has 1 aliphatic rings. The minimum absolute atomic E-state index is 0.536. The molecule has 190 valence electrons. The SMILES string of the molecule is C=C(C)S/C(=C/NC)c1ccc2cnc(NC(=C/C)/C(/C=C\C)=C/C(=C)C3CCN(C)CC3)cc2c1. The maximum Gasteiger partial charge on any atom is 0.130 e. The van der Waals surface area contributed by atoms with Gasteiger partial charge in [0.25, 0.3) is 0 Å². The summed E-state index contributed by atoms with van der Waals surface area (Å²) < 4.78 is 0. The van der Waals surface area contributed by atoms with Crippen LogP contribution >= 0.6 is 11.8 Å². The summed E-state index contributed by atoms with van der Waals surface area (Å²) in [5.74, 6) is 1.36. The topological polar surface area (TPSA) is 40.2 Å². The van der Waals surface area contributed by atoms with E-state index in [0.717, 1.165) is 69.2 Å². The number of benzene rings is 1. The summed E-state index contributed by atoms with van der Waals surface area (Å²) in [6.07, 6.45) is 14.8. The van der Waals surface area contributed by atoms with Gasteiger partial charge in [0.15, 0.2) is 0 Å². The summed E-state index contributed by atoms with van der Waals surface area (Å²) in [5.41, 5.74) is 4.50. The van der Waals surface area contributed by atoms with Crippen molar-refractivity contribution in [3.05, 3.63) is 101 Å². The van der Waals surface area contributed by atoms with Crippen molar-refractivity contribution in [1.29, 1.82) is 0 Å². The van der Waals surface area contributed by atoms with Crippen LogP contribution in [0, 0.1) is 5.92 Å². The molecule has 5 heteroatoms. The van der Waals surface area contributed by atoms with Gasteiger partial charge in [-0.1, -0.05) is 66.9 Å². The first-order valence-electron chi connectivity index (χ1n) is 12.6. The lowest BCUT2D eigenvalue weighted by molar-refractivity contribution is 0.240. The molecule has 0 atom stereocenters. The Hall–Kier alpha value is -3.02. The average Bonchev–Trinajstić information content (AvgIpc) is 2.86. The zero-order valence-electron chi connectivity index (χ0n) is 22.4. The monoisotopic (exact) mass is 500 g/mol. The molecule has 1 aromatic heterocycles. The van der Waals surface area contributed by atoms with Crippen molar-refractivity contribution < 1.29 is 0 Å². The molecule has 0 bridgehead atoms. The number of hydrogen-bond donors (Lipinski definition) is 2. The number of piperidine rings is 1. The van der Waals surface area contributed by atoms with Gasteiger partial charge in [-0.15, -0.1) is 0 Å². The third-order valence-electron chi connectivity index (χ3n) is 6.36. The van der Waals surface area contributed by atoms with Gasteiger partial charge in [-0.2, -0.15) is 0 Å². The van der Waals surface area contributed by atoms with E-state index < -0.39 is 0 Å². The normalized spacial score (nSPS) is 16.5. The Bertz CT molecular complexity index is 1210. The van der Waals surface area contributed by atoms with Crippen molar-refractivity contribution in [3.8, 4) is 0 Å². The Morgan fingerprint density at radius 3 is 2.53 bits per heavy atom. The highest BCUT2D eigenvalue weighted by atomic mass is 32.2. The summed E-state index contributed by atoms with van der Waals surface area (Å²) in [4.78, 5) is 9.28. The number of nitrogens with zero attached hydrogens (tertiary/aromatic N) is 2. The zero-order valence-corrected chi connectivity index (χ0v) is 23.2. The van der Waals surface area contributed by atoms with Crippen molar-refractivity contribution >= 4 is 33.3 Å². The van der Waals surface area contributed by atoms with E-state index in [-0.39, 0.29) is 0 Å². The molecule has 2 aromatic rings. The molecule has 2 N–H and O–H groups in total.